The summed E-state index contributed by atoms with van der Waals surface area (Å²) < 4.78 is 5.24. The first kappa shape index (κ1) is 15.4. The zero-order valence-electron chi connectivity index (χ0n) is 10.9. The van der Waals surface area contributed by atoms with Gasteiger partial charge in [-0.2, -0.15) is 0 Å². The van der Waals surface area contributed by atoms with Crippen molar-refractivity contribution < 1.29 is 14.6 Å². The Bertz CT molecular complexity index is 239. The van der Waals surface area contributed by atoms with E-state index in [0.29, 0.717) is 26.3 Å². The summed E-state index contributed by atoms with van der Waals surface area (Å²) in [6.45, 7) is 4.71. The first-order chi connectivity index (χ1) is 8.77. The summed E-state index contributed by atoms with van der Waals surface area (Å²) in [6.07, 6.45) is 1.99. The molecule has 0 radical (unpaired) electrons. The predicted octanol–water partition coefficient (Wildman–Crippen LogP) is -1.22. The lowest BCUT2D eigenvalue weighted by Gasteiger charge is -2.31. The van der Waals surface area contributed by atoms with Gasteiger partial charge in [0.2, 0.25) is 5.91 Å². The molecule has 6 nitrogen and oxygen atoms in total. The molecule has 106 valence electrons. The SMILES string of the molecule is NCCNC(=O)C1CCCN(CCOCCO)C1. The van der Waals surface area contributed by atoms with E-state index in [1.54, 1.807) is 0 Å². The van der Waals surface area contributed by atoms with Crippen molar-refractivity contribution >= 4 is 5.91 Å². The minimum absolute atomic E-state index is 0.0596. The third-order valence-corrected chi connectivity index (χ3v) is 3.11. The van der Waals surface area contributed by atoms with Crippen LogP contribution in [0.2, 0.25) is 0 Å². The third-order valence-electron chi connectivity index (χ3n) is 3.11. The average Bonchev–Trinajstić information content (AvgIpc) is 2.41. The predicted molar refractivity (Wildman–Crippen MR) is 69.1 cm³/mol. The number of hydrogen-bond acceptors (Lipinski definition) is 5. The van der Waals surface area contributed by atoms with E-state index < -0.39 is 0 Å². The fraction of sp³-hybridized carbons (Fsp3) is 0.917. The quantitative estimate of drug-likeness (QED) is 0.476. The van der Waals surface area contributed by atoms with Gasteiger partial charge in [0.05, 0.1) is 25.7 Å². The standard InChI is InChI=1S/C12H25N3O3/c13-3-4-14-12(17)11-2-1-5-15(10-11)6-8-18-9-7-16/h11,16H,1-10,13H2,(H,14,17). The maximum absolute atomic E-state index is 11.8. The van der Waals surface area contributed by atoms with Crippen LogP contribution in [0.5, 0.6) is 0 Å². The number of aliphatic hydroxyl groups excluding tert-OH is 1. The van der Waals surface area contributed by atoms with Crippen molar-refractivity contribution in [3.63, 3.8) is 0 Å². The molecular formula is C12H25N3O3. The van der Waals surface area contributed by atoms with Gasteiger partial charge in [0, 0.05) is 26.2 Å². The Hall–Kier alpha value is -0.690. The van der Waals surface area contributed by atoms with Crippen LogP contribution in [0.25, 0.3) is 0 Å². The fourth-order valence-electron chi connectivity index (χ4n) is 2.17. The smallest absolute Gasteiger partial charge is 0.224 e. The van der Waals surface area contributed by atoms with Crippen LogP contribution in [0.4, 0.5) is 0 Å². The number of likely N-dealkylation sites (tertiary alicyclic amines) is 1. The van der Waals surface area contributed by atoms with Crippen LogP contribution in [0.1, 0.15) is 12.8 Å². The number of nitrogens with two attached hydrogens (primary N) is 1. The van der Waals surface area contributed by atoms with Crippen molar-refractivity contribution in [2.45, 2.75) is 12.8 Å². The van der Waals surface area contributed by atoms with E-state index in [1.807, 2.05) is 0 Å². The van der Waals surface area contributed by atoms with Gasteiger partial charge in [-0.25, -0.2) is 0 Å². The lowest BCUT2D eigenvalue weighted by molar-refractivity contribution is -0.126. The number of nitrogens with zero attached hydrogens (tertiary/aromatic N) is 1. The molecule has 1 aliphatic rings. The summed E-state index contributed by atoms with van der Waals surface area (Å²) in [6, 6.07) is 0. The normalized spacial score (nSPS) is 20.9. The molecule has 1 atom stereocenters. The van der Waals surface area contributed by atoms with Crippen LogP contribution in [0.15, 0.2) is 0 Å². The first-order valence-corrected chi connectivity index (χ1v) is 6.66. The summed E-state index contributed by atoms with van der Waals surface area (Å²) in [5.74, 6) is 0.185. The van der Waals surface area contributed by atoms with Crippen LogP contribution in [-0.4, -0.2) is 68.5 Å². The van der Waals surface area contributed by atoms with Crippen LogP contribution >= 0.6 is 0 Å². The molecule has 0 aromatic rings. The van der Waals surface area contributed by atoms with E-state index >= 15 is 0 Å². The second kappa shape index (κ2) is 9.27. The lowest BCUT2D eigenvalue weighted by Crippen LogP contribution is -2.44. The largest absolute Gasteiger partial charge is 0.394 e. The molecule has 0 spiro atoms. The molecule has 0 aromatic heterocycles. The second-order valence-corrected chi connectivity index (χ2v) is 4.56. The molecule has 18 heavy (non-hydrogen) atoms. The molecule has 0 bridgehead atoms. The molecular weight excluding hydrogens is 234 g/mol. The second-order valence-electron chi connectivity index (χ2n) is 4.56. The highest BCUT2D eigenvalue weighted by Gasteiger charge is 2.24. The molecule has 1 rings (SSSR count). The van der Waals surface area contributed by atoms with Crippen LogP contribution in [-0.2, 0) is 9.53 Å². The molecule has 4 N–H and O–H groups in total. The molecule has 1 fully saturated rings. The zero-order chi connectivity index (χ0) is 13.2. The monoisotopic (exact) mass is 259 g/mol. The van der Waals surface area contributed by atoms with Gasteiger partial charge < -0.3 is 25.8 Å². The zero-order valence-corrected chi connectivity index (χ0v) is 10.9. The van der Waals surface area contributed by atoms with Crippen LogP contribution < -0.4 is 11.1 Å². The van der Waals surface area contributed by atoms with E-state index in [0.717, 1.165) is 32.5 Å². The minimum Gasteiger partial charge on any atom is -0.394 e. The molecule has 0 aliphatic carbocycles. The molecule has 0 aromatic carbocycles. The average molecular weight is 259 g/mol. The van der Waals surface area contributed by atoms with Gasteiger partial charge in [0.25, 0.3) is 0 Å². The Balaban J connectivity index is 2.21. The molecule has 1 heterocycles. The van der Waals surface area contributed by atoms with Crippen molar-refractivity contribution in [1.82, 2.24) is 10.2 Å². The van der Waals surface area contributed by atoms with E-state index in [9.17, 15) is 4.79 Å². The number of ether oxygens (including phenoxy) is 1. The van der Waals surface area contributed by atoms with Crippen LogP contribution in [0, 0.1) is 5.92 Å². The van der Waals surface area contributed by atoms with E-state index in [2.05, 4.69) is 10.2 Å². The van der Waals surface area contributed by atoms with Crippen molar-refractivity contribution in [3.05, 3.63) is 0 Å². The number of carbonyl (C=O) groups excluding carboxylic acids is 1. The summed E-state index contributed by atoms with van der Waals surface area (Å²) in [4.78, 5) is 14.1. The number of hydrogen-bond donors (Lipinski definition) is 3. The maximum Gasteiger partial charge on any atom is 0.224 e. The lowest BCUT2D eigenvalue weighted by atomic mass is 9.97. The molecule has 1 amide bonds. The van der Waals surface area contributed by atoms with E-state index in [-0.39, 0.29) is 18.4 Å². The Morgan fingerprint density at radius 2 is 2.33 bits per heavy atom. The Morgan fingerprint density at radius 3 is 3.06 bits per heavy atom. The summed E-state index contributed by atoms with van der Waals surface area (Å²) >= 11 is 0. The first-order valence-electron chi connectivity index (χ1n) is 6.66. The minimum atomic E-state index is 0.0596. The highest BCUT2D eigenvalue weighted by atomic mass is 16.5. The molecule has 6 heteroatoms. The topological polar surface area (TPSA) is 87.8 Å². The fourth-order valence-corrected chi connectivity index (χ4v) is 2.17. The molecule has 1 unspecified atom stereocenters. The number of rotatable bonds is 8. The van der Waals surface area contributed by atoms with Gasteiger partial charge in [-0.1, -0.05) is 0 Å². The van der Waals surface area contributed by atoms with Gasteiger partial charge >= 0.3 is 0 Å². The number of carbonyl (C=O) groups is 1. The summed E-state index contributed by atoms with van der Waals surface area (Å²) in [7, 11) is 0. The van der Waals surface area contributed by atoms with Gasteiger partial charge in [-0.3, -0.25) is 4.79 Å². The van der Waals surface area contributed by atoms with Gasteiger partial charge in [0.15, 0.2) is 0 Å². The summed E-state index contributed by atoms with van der Waals surface area (Å²) in [5, 5.41) is 11.4. The Labute approximate surface area is 108 Å². The Morgan fingerprint density at radius 1 is 1.50 bits per heavy atom. The summed E-state index contributed by atoms with van der Waals surface area (Å²) in [5.41, 5.74) is 5.37. The van der Waals surface area contributed by atoms with Crippen molar-refractivity contribution in [2.24, 2.45) is 11.7 Å². The highest BCUT2D eigenvalue weighted by molar-refractivity contribution is 5.78. The van der Waals surface area contributed by atoms with Gasteiger partial charge in [0.1, 0.15) is 0 Å². The Kier molecular flexibility index (Phi) is 7.91. The highest BCUT2D eigenvalue weighted by Crippen LogP contribution is 2.16. The van der Waals surface area contributed by atoms with Crippen LogP contribution in [0.3, 0.4) is 0 Å². The van der Waals surface area contributed by atoms with E-state index in [1.165, 1.54) is 0 Å². The van der Waals surface area contributed by atoms with Crippen molar-refractivity contribution in [2.75, 3.05) is 52.5 Å². The molecule has 1 aliphatic heterocycles. The number of nitrogens with one attached hydrogen (secondary N) is 1. The maximum atomic E-state index is 11.8. The number of amides is 1. The third kappa shape index (κ3) is 5.77. The number of piperidine rings is 1. The van der Waals surface area contributed by atoms with Gasteiger partial charge in [-0.15, -0.1) is 0 Å². The molecule has 0 saturated carbocycles. The molecule has 1 saturated heterocycles. The van der Waals surface area contributed by atoms with Gasteiger partial charge in [-0.05, 0) is 19.4 Å². The van der Waals surface area contributed by atoms with Crippen molar-refractivity contribution in [1.29, 1.82) is 0 Å². The number of aliphatic hydroxyl groups is 1. The van der Waals surface area contributed by atoms with E-state index in [4.69, 9.17) is 15.6 Å². The van der Waals surface area contributed by atoms with Crippen molar-refractivity contribution in [3.8, 4) is 0 Å².